The number of hydrazone groups is 1. The number of rotatable bonds is 5. The molecule has 0 atom stereocenters. The minimum atomic E-state index is 0.803. The highest BCUT2D eigenvalue weighted by molar-refractivity contribution is 5.85. The molecule has 3 aromatic rings. The maximum absolute atomic E-state index is 5.38. The van der Waals surface area contributed by atoms with Gasteiger partial charge in [-0.15, -0.1) is 0 Å². The van der Waals surface area contributed by atoms with Crippen LogP contribution in [0.25, 0.3) is 0 Å². The number of benzene rings is 3. The first-order valence-electron chi connectivity index (χ1n) is 7.46. The van der Waals surface area contributed by atoms with E-state index in [1.807, 2.05) is 96.2 Å². The summed E-state index contributed by atoms with van der Waals surface area (Å²) in [5.41, 5.74) is 2.95. The Labute approximate surface area is 136 Å². The van der Waals surface area contributed by atoms with Crippen molar-refractivity contribution in [1.82, 2.24) is 0 Å². The monoisotopic (exact) mass is 302 g/mol. The highest BCUT2D eigenvalue weighted by Gasteiger charge is 2.07. The summed E-state index contributed by atoms with van der Waals surface area (Å²) in [6.07, 6.45) is 1.82. The van der Waals surface area contributed by atoms with Crippen molar-refractivity contribution in [3.8, 4) is 5.75 Å². The van der Waals surface area contributed by atoms with E-state index in [9.17, 15) is 0 Å². The van der Waals surface area contributed by atoms with Crippen LogP contribution in [-0.2, 0) is 0 Å². The zero-order valence-corrected chi connectivity index (χ0v) is 13.0. The molecule has 0 spiro atoms. The summed E-state index contributed by atoms with van der Waals surface area (Å²) in [5, 5.41) is 6.58. The largest absolute Gasteiger partial charge is 0.496 e. The minimum absolute atomic E-state index is 0.803. The molecule has 3 heteroatoms. The van der Waals surface area contributed by atoms with Crippen molar-refractivity contribution in [3.05, 3.63) is 90.5 Å². The third kappa shape index (κ3) is 3.58. The van der Waals surface area contributed by atoms with E-state index in [-0.39, 0.29) is 0 Å². The number of hydrogen-bond donors (Lipinski definition) is 0. The first-order valence-corrected chi connectivity index (χ1v) is 7.46. The number of anilines is 2. The molecule has 0 aromatic heterocycles. The van der Waals surface area contributed by atoms with Crippen molar-refractivity contribution < 1.29 is 4.74 Å². The molecular weight excluding hydrogens is 284 g/mol. The van der Waals surface area contributed by atoms with Gasteiger partial charge in [0.1, 0.15) is 5.75 Å². The first kappa shape index (κ1) is 14.9. The van der Waals surface area contributed by atoms with Crippen LogP contribution < -0.4 is 9.75 Å². The molecule has 0 aliphatic carbocycles. The van der Waals surface area contributed by atoms with Crippen LogP contribution >= 0.6 is 0 Å². The van der Waals surface area contributed by atoms with Crippen molar-refractivity contribution in [1.29, 1.82) is 0 Å². The molecule has 0 saturated carbocycles. The molecule has 0 aliphatic rings. The zero-order valence-electron chi connectivity index (χ0n) is 13.0. The molecule has 0 fully saturated rings. The number of hydrogen-bond acceptors (Lipinski definition) is 3. The van der Waals surface area contributed by atoms with Gasteiger partial charge >= 0.3 is 0 Å². The molecule has 0 aliphatic heterocycles. The highest BCUT2D eigenvalue weighted by atomic mass is 16.5. The molecular formula is C20H18N2O. The Morgan fingerprint density at radius 1 is 0.739 bits per heavy atom. The Morgan fingerprint density at radius 2 is 1.26 bits per heavy atom. The molecule has 0 radical (unpaired) electrons. The van der Waals surface area contributed by atoms with E-state index in [4.69, 9.17) is 4.74 Å². The Hall–Kier alpha value is -3.07. The number of methoxy groups -OCH3 is 1. The Morgan fingerprint density at radius 3 is 1.83 bits per heavy atom. The summed E-state index contributed by atoms with van der Waals surface area (Å²) >= 11 is 0. The standard InChI is InChI=1S/C20H18N2O/c1-23-20-15-9-8-10-17(20)16-21-22(18-11-4-2-5-12-18)19-13-6-3-7-14-19/h2-16H,1H3/b21-16+. The summed E-state index contributed by atoms with van der Waals surface area (Å²) in [4.78, 5) is 0. The molecule has 114 valence electrons. The van der Waals surface area contributed by atoms with Gasteiger partial charge in [0.05, 0.1) is 24.7 Å². The van der Waals surface area contributed by atoms with Crippen molar-refractivity contribution in [3.63, 3.8) is 0 Å². The molecule has 0 unspecified atom stereocenters. The highest BCUT2D eigenvalue weighted by Crippen LogP contribution is 2.25. The second-order valence-electron chi connectivity index (χ2n) is 4.97. The van der Waals surface area contributed by atoms with Crippen LogP contribution in [0.3, 0.4) is 0 Å². The van der Waals surface area contributed by atoms with Crippen molar-refractivity contribution in [2.75, 3.05) is 12.1 Å². The van der Waals surface area contributed by atoms with Crippen LogP contribution in [0.15, 0.2) is 90.0 Å². The normalized spacial score (nSPS) is 10.7. The molecule has 3 rings (SSSR count). The minimum Gasteiger partial charge on any atom is -0.496 e. The lowest BCUT2D eigenvalue weighted by atomic mass is 10.2. The molecule has 0 heterocycles. The molecule has 3 aromatic carbocycles. The number of para-hydroxylation sites is 3. The van der Waals surface area contributed by atoms with E-state index in [0.29, 0.717) is 0 Å². The van der Waals surface area contributed by atoms with Gasteiger partial charge in [-0.3, -0.25) is 0 Å². The second-order valence-corrected chi connectivity index (χ2v) is 4.97. The second kappa shape index (κ2) is 7.27. The Kier molecular flexibility index (Phi) is 4.69. The molecule has 0 amide bonds. The summed E-state index contributed by atoms with van der Waals surface area (Å²) in [6.45, 7) is 0. The maximum atomic E-state index is 5.38. The van der Waals surface area contributed by atoms with E-state index in [2.05, 4.69) is 5.10 Å². The van der Waals surface area contributed by atoms with Crippen LogP contribution in [0.5, 0.6) is 5.75 Å². The fourth-order valence-corrected chi connectivity index (χ4v) is 2.31. The van der Waals surface area contributed by atoms with Crippen molar-refractivity contribution in [2.24, 2.45) is 5.10 Å². The summed E-state index contributed by atoms with van der Waals surface area (Å²) < 4.78 is 5.38. The summed E-state index contributed by atoms with van der Waals surface area (Å²) in [7, 11) is 1.67. The van der Waals surface area contributed by atoms with E-state index in [1.165, 1.54) is 0 Å². The Bertz CT molecular complexity index is 730. The summed E-state index contributed by atoms with van der Waals surface area (Å²) in [6, 6.07) is 28.0. The number of ether oxygens (including phenoxy) is 1. The lowest BCUT2D eigenvalue weighted by Crippen LogP contribution is -2.09. The van der Waals surface area contributed by atoms with Gasteiger partial charge in [-0.1, -0.05) is 48.5 Å². The fraction of sp³-hybridized carbons (Fsp3) is 0.0500. The van der Waals surface area contributed by atoms with Crippen molar-refractivity contribution in [2.45, 2.75) is 0 Å². The SMILES string of the molecule is COc1ccccc1/C=N/N(c1ccccc1)c1ccccc1. The lowest BCUT2D eigenvalue weighted by Gasteiger charge is -2.19. The van der Waals surface area contributed by atoms with Gasteiger partial charge in [0, 0.05) is 5.56 Å². The topological polar surface area (TPSA) is 24.8 Å². The lowest BCUT2D eigenvalue weighted by molar-refractivity contribution is 0.414. The van der Waals surface area contributed by atoms with Crippen LogP contribution in [0.1, 0.15) is 5.56 Å². The third-order valence-electron chi connectivity index (χ3n) is 3.45. The van der Waals surface area contributed by atoms with E-state index >= 15 is 0 Å². The van der Waals surface area contributed by atoms with Gasteiger partial charge < -0.3 is 4.74 Å². The van der Waals surface area contributed by atoms with Crippen LogP contribution in [-0.4, -0.2) is 13.3 Å². The molecule has 3 nitrogen and oxygen atoms in total. The van der Waals surface area contributed by atoms with Crippen molar-refractivity contribution >= 4 is 17.6 Å². The van der Waals surface area contributed by atoms with Gasteiger partial charge in [0.2, 0.25) is 0 Å². The van der Waals surface area contributed by atoms with E-state index < -0.39 is 0 Å². The van der Waals surface area contributed by atoms with Gasteiger partial charge in [-0.2, -0.15) is 5.10 Å². The third-order valence-corrected chi connectivity index (χ3v) is 3.45. The van der Waals surface area contributed by atoms with E-state index in [0.717, 1.165) is 22.7 Å². The van der Waals surface area contributed by atoms with Crippen LogP contribution in [0.2, 0.25) is 0 Å². The molecule has 0 saturated heterocycles. The molecule has 23 heavy (non-hydrogen) atoms. The van der Waals surface area contributed by atoms with Crippen LogP contribution in [0.4, 0.5) is 11.4 Å². The zero-order chi connectivity index (χ0) is 15.9. The fourth-order valence-electron chi connectivity index (χ4n) is 2.31. The number of nitrogens with zero attached hydrogens (tertiary/aromatic N) is 2. The smallest absolute Gasteiger partial charge is 0.127 e. The maximum Gasteiger partial charge on any atom is 0.127 e. The van der Waals surface area contributed by atoms with Gasteiger partial charge in [0.15, 0.2) is 0 Å². The molecule has 0 bridgehead atoms. The van der Waals surface area contributed by atoms with Gasteiger partial charge in [-0.25, -0.2) is 5.01 Å². The van der Waals surface area contributed by atoms with Gasteiger partial charge in [0.25, 0.3) is 0 Å². The quantitative estimate of drug-likeness (QED) is 0.496. The van der Waals surface area contributed by atoms with E-state index in [1.54, 1.807) is 7.11 Å². The predicted molar refractivity (Wildman–Crippen MR) is 95.6 cm³/mol. The first-order chi connectivity index (χ1) is 11.4. The average Bonchev–Trinajstić information content (AvgIpc) is 2.64. The molecule has 0 N–H and O–H groups in total. The van der Waals surface area contributed by atoms with Gasteiger partial charge in [-0.05, 0) is 36.4 Å². The predicted octanol–water partition coefficient (Wildman–Crippen LogP) is 4.87. The average molecular weight is 302 g/mol. The Balaban J connectivity index is 1.98. The van der Waals surface area contributed by atoms with Crippen LogP contribution in [0, 0.1) is 0 Å². The summed E-state index contributed by atoms with van der Waals surface area (Å²) in [5.74, 6) is 0.803.